The maximum atomic E-state index is 12.7. The lowest BCUT2D eigenvalue weighted by Gasteiger charge is -2.18. The monoisotopic (exact) mass is 489 g/mol. The van der Waals surface area contributed by atoms with Gasteiger partial charge in [0.25, 0.3) is 0 Å². The van der Waals surface area contributed by atoms with Gasteiger partial charge in [0.2, 0.25) is 0 Å². The molecule has 2 aromatic heterocycles. The summed E-state index contributed by atoms with van der Waals surface area (Å²) in [6.07, 6.45) is 15.8. The minimum atomic E-state index is -1.13. The Morgan fingerprint density at radius 1 is 1.03 bits per heavy atom. The molecule has 1 unspecified atom stereocenters. The molecule has 4 atom stereocenters. The largest absolute Gasteiger partial charge is 0.390 e. The van der Waals surface area contributed by atoms with E-state index in [-0.39, 0.29) is 12.2 Å². The van der Waals surface area contributed by atoms with E-state index in [1.54, 1.807) is 4.57 Å². The first-order valence-corrected chi connectivity index (χ1v) is 13.5. The highest BCUT2D eigenvalue weighted by atomic mass is 16.5. The first-order valence-electron chi connectivity index (χ1n) is 13.5. The Morgan fingerprint density at radius 2 is 1.63 bits per heavy atom. The number of nitrogens with two attached hydrogens (primary N) is 1. The zero-order valence-electron chi connectivity index (χ0n) is 21.1. The third kappa shape index (κ3) is 7.95. The van der Waals surface area contributed by atoms with Gasteiger partial charge in [-0.05, 0) is 6.42 Å². The second kappa shape index (κ2) is 14.5. The van der Waals surface area contributed by atoms with E-state index >= 15 is 0 Å². The van der Waals surface area contributed by atoms with Crippen LogP contribution in [0.4, 0.5) is 5.82 Å². The molecule has 3 rings (SSSR count). The summed E-state index contributed by atoms with van der Waals surface area (Å²) in [6.45, 7) is 2.25. The Bertz CT molecular complexity index is 905. The van der Waals surface area contributed by atoms with Gasteiger partial charge in [0.05, 0.1) is 12.4 Å². The third-order valence-electron chi connectivity index (χ3n) is 6.98. The number of aromatic nitrogens is 4. The molecule has 1 fully saturated rings. The van der Waals surface area contributed by atoms with Gasteiger partial charge in [0.15, 0.2) is 17.2 Å². The molecular weight excluding hydrogens is 446 g/mol. The second-order valence-electron chi connectivity index (χ2n) is 9.85. The van der Waals surface area contributed by atoms with Gasteiger partial charge in [-0.15, -0.1) is 0 Å². The Hall–Kier alpha value is -2.10. The fourth-order valence-corrected chi connectivity index (χ4v) is 4.85. The number of unbranched alkanes of at least 4 members (excludes halogenated alkanes) is 12. The number of nitrogens with zero attached hydrogens (tertiary/aromatic N) is 4. The molecule has 2 aromatic rings. The van der Waals surface area contributed by atoms with Gasteiger partial charge < -0.3 is 20.7 Å². The van der Waals surface area contributed by atoms with Crippen molar-refractivity contribution in [3.8, 4) is 0 Å². The van der Waals surface area contributed by atoms with Crippen LogP contribution >= 0.6 is 0 Å². The van der Waals surface area contributed by atoms with E-state index in [4.69, 9.17) is 10.5 Å². The van der Waals surface area contributed by atoms with Crippen molar-refractivity contribution in [3.63, 3.8) is 0 Å². The Morgan fingerprint density at radius 3 is 2.26 bits per heavy atom. The van der Waals surface area contributed by atoms with E-state index < -0.39 is 30.3 Å². The molecule has 0 aliphatic carbocycles. The number of Topliss-reactive ketones (excluding diaryl/α,β-unsaturated/α-hetero) is 1. The summed E-state index contributed by atoms with van der Waals surface area (Å²) in [5, 5.41) is 20.8. The predicted octanol–water partition coefficient (Wildman–Crippen LogP) is 4.47. The zero-order chi connectivity index (χ0) is 25.0. The second-order valence-corrected chi connectivity index (χ2v) is 9.85. The smallest absolute Gasteiger partial charge is 0.192 e. The number of carbonyl (C=O) groups is 1. The lowest BCUT2D eigenvalue weighted by Crippen LogP contribution is -2.38. The Kier molecular flexibility index (Phi) is 11.4. The number of nitrogen functional groups attached to an aromatic ring is 1. The molecule has 4 N–H and O–H groups in total. The maximum absolute atomic E-state index is 12.7. The van der Waals surface area contributed by atoms with Gasteiger partial charge in [-0.1, -0.05) is 90.4 Å². The summed E-state index contributed by atoms with van der Waals surface area (Å²) in [6, 6.07) is 0. The van der Waals surface area contributed by atoms with Gasteiger partial charge in [0, 0.05) is 6.42 Å². The molecular formula is C26H43N5O4. The summed E-state index contributed by atoms with van der Waals surface area (Å²) in [7, 11) is 0. The highest BCUT2D eigenvalue weighted by Crippen LogP contribution is 2.32. The molecule has 1 aliphatic rings. The minimum absolute atomic E-state index is 0.206. The Labute approximate surface area is 208 Å². The number of aliphatic hydroxyl groups is 2. The molecule has 0 aromatic carbocycles. The van der Waals surface area contributed by atoms with Crippen LogP contribution in [0.15, 0.2) is 12.7 Å². The van der Waals surface area contributed by atoms with Crippen LogP contribution in [0.25, 0.3) is 11.2 Å². The van der Waals surface area contributed by atoms with Crippen molar-refractivity contribution in [2.75, 3.05) is 5.73 Å². The topological polar surface area (TPSA) is 136 Å². The van der Waals surface area contributed by atoms with Crippen LogP contribution in [0.2, 0.25) is 0 Å². The summed E-state index contributed by atoms with van der Waals surface area (Å²) in [5.41, 5.74) is 6.76. The van der Waals surface area contributed by atoms with Gasteiger partial charge in [-0.25, -0.2) is 15.0 Å². The van der Waals surface area contributed by atoms with Gasteiger partial charge in [0.1, 0.15) is 30.3 Å². The quantitative estimate of drug-likeness (QED) is 0.277. The van der Waals surface area contributed by atoms with Crippen molar-refractivity contribution in [1.82, 2.24) is 19.5 Å². The predicted molar refractivity (Wildman–Crippen MR) is 136 cm³/mol. The summed E-state index contributed by atoms with van der Waals surface area (Å²) in [5.74, 6) is -0.203. The summed E-state index contributed by atoms with van der Waals surface area (Å²) >= 11 is 0. The lowest BCUT2D eigenvalue weighted by molar-refractivity contribution is -0.144. The van der Waals surface area contributed by atoms with Crippen LogP contribution < -0.4 is 5.73 Å². The molecule has 1 saturated heterocycles. The number of aliphatic hydroxyl groups excluding tert-OH is 2. The number of anilines is 1. The van der Waals surface area contributed by atoms with E-state index in [0.29, 0.717) is 17.6 Å². The zero-order valence-corrected chi connectivity index (χ0v) is 21.1. The van der Waals surface area contributed by atoms with Crippen LogP contribution in [0.5, 0.6) is 0 Å². The van der Waals surface area contributed by atoms with Crippen LogP contribution in [0.3, 0.4) is 0 Å². The number of hydrogen-bond donors (Lipinski definition) is 3. The molecule has 0 amide bonds. The van der Waals surface area contributed by atoms with Crippen LogP contribution in [0.1, 0.15) is 109 Å². The van der Waals surface area contributed by atoms with Gasteiger partial charge in [-0.2, -0.15) is 0 Å². The van der Waals surface area contributed by atoms with E-state index in [1.165, 1.54) is 76.9 Å². The molecule has 9 nitrogen and oxygen atoms in total. The van der Waals surface area contributed by atoms with Crippen molar-refractivity contribution in [2.24, 2.45) is 0 Å². The molecule has 0 saturated carbocycles. The standard InChI is InChI=1S/C26H43N5O4/c1-2-3-4-5-6-7-8-9-10-11-12-13-14-15-19(32)23(34)24-20(33)16-21(35-24)31-18-30-22-25(27)28-17-29-26(22)31/h17-21,24,32-33H,2-16H2,1H3,(H2,27,28,29)/t19?,20-,21+,24-/m0/s1. The maximum Gasteiger partial charge on any atom is 0.192 e. The van der Waals surface area contributed by atoms with E-state index in [2.05, 4.69) is 21.9 Å². The molecule has 0 bridgehead atoms. The van der Waals surface area contributed by atoms with Crippen molar-refractivity contribution in [3.05, 3.63) is 12.7 Å². The normalized spacial score (nSPS) is 21.1. The molecule has 0 spiro atoms. The van der Waals surface area contributed by atoms with Crippen LogP contribution in [-0.2, 0) is 9.53 Å². The van der Waals surface area contributed by atoms with Crippen molar-refractivity contribution in [1.29, 1.82) is 0 Å². The Balaban J connectivity index is 1.30. The molecule has 196 valence electrons. The number of hydrogen-bond acceptors (Lipinski definition) is 8. The van der Waals surface area contributed by atoms with E-state index in [0.717, 1.165) is 19.3 Å². The van der Waals surface area contributed by atoms with Crippen LogP contribution in [-0.4, -0.2) is 53.8 Å². The molecule has 0 radical (unpaired) electrons. The van der Waals surface area contributed by atoms with Crippen molar-refractivity contribution < 1.29 is 19.7 Å². The lowest BCUT2D eigenvalue weighted by atomic mass is 9.99. The summed E-state index contributed by atoms with van der Waals surface area (Å²) < 4.78 is 7.47. The number of imidazole rings is 1. The fourth-order valence-electron chi connectivity index (χ4n) is 4.85. The highest BCUT2D eigenvalue weighted by Gasteiger charge is 2.42. The average molecular weight is 490 g/mol. The number of ketones is 1. The molecule has 9 heteroatoms. The SMILES string of the molecule is CCCCCCCCCCCCCCCC(O)C(=O)[C@H]1O[C@@H](n2cnc3c(N)ncnc32)C[C@@H]1O. The minimum Gasteiger partial charge on any atom is -0.390 e. The number of carbonyl (C=O) groups excluding carboxylic acids is 1. The fraction of sp³-hybridized carbons (Fsp3) is 0.769. The van der Waals surface area contributed by atoms with E-state index in [1.807, 2.05) is 0 Å². The number of ether oxygens (including phenoxy) is 1. The molecule has 1 aliphatic heterocycles. The first-order chi connectivity index (χ1) is 17.0. The van der Waals surface area contributed by atoms with Gasteiger partial charge in [-0.3, -0.25) is 9.36 Å². The van der Waals surface area contributed by atoms with Gasteiger partial charge >= 0.3 is 0 Å². The van der Waals surface area contributed by atoms with E-state index in [9.17, 15) is 15.0 Å². The number of fused-ring (bicyclic) bond motifs is 1. The summed E-state index contributed by atoms with van der Waals surface area (Å²) in [4.78, 5) is 25.0. The van der Waals surface area contributed by atoms with Crippen molar-refractivity contribution >= 4 is 22.8 Å². The number of rotatable bonds is 17. The van der Waals surface area contributed by atoms with Crippen molar-refractivity contribution in [2.45, 2.75) is 128 Å². The van der Waals surface area contributed by atoms with Crippen LogP contribution in [0, 0.1) is 0 Å². The average Bonchev–Trinajstić information content (AvgIpc) is 3.45. The first kappa shape index (κ1) is 27.5. The molecule has 35 heavy (non-hydrogen) atoms. The third-order valence-corrected chi connectivity index (χ3v) is 6.98. The molecule has 3 heterocycles. The highest BCUT2D eigenvalue weighted by molar-refractivity contribution is 5.88.